The van der Waals surface area contributed by atoms with Crippen molar-refractivity contribution >= 4 is 5.97 Å². The van der Waals surface area contributed by atoms with Crippen LogP contribution in [-0.2, 0) is 16.0 Å². The van der Waals surface area contributed by atoms with Crippen molar-refractivity contribution in [2.24, 2.45) is 0 Å². The van der Waals surface area contributed by atoms with Crippen LogP contribution in [0.15, 0.2) is 48.5 Å². The van der Waals surface area contributed by atoms with Gasteiger partial charge >= 0.3 is 5.97 Å². The number of ether oxygens (including phenoxy) is 2. The Balaban J connectivity index is 1.66. The molecule has 6 heteroatoms. The zero-order valence-corrected chi connectivity index (χ0v) is 14.1. The second kappa shape index (κ2) is 9.76. The predicted octanol–water partition coefficient (Wildman–Crippen LogP) is 2.24. The van der Waals surface area contributed by atoms with Gasteiger partial charge in [0.25, 0.3) is 0 Å². The van der Waals surface area contributed by atoms with E-state index in [1.807, 2.05) is 12.1 Å². The molecule has 2 N–H and O–H groups in total. The molecular formula is C19H22FNO4. The molecule has 0 saturated carbocycles. The number of benzene rings is 2. The quantitative estimate of drug-likeness (QED) is 0.538. The number of aliphatic hydroxyl groups is 1. The van der Waals surface area contributed by atoms with Crippen molar-refractivity contribution in [3.63, 3.8) is 0 Å². The molecule has 0 radical (unpaired) electrons. The van der Waals surface area contributed by atoms with E-state index in [2.05, 4.69) is 10.1 Å². The fourth-order valence-corrected chi connectivity index (χ4v) is 2.25. The fourth-order valence-electron chi connectivity index (χ4n) is 2.25. The summed E-state index contributed by atoms with van der Waals surface area (Å²) in [6.07, 6.45) is -0.538. The summed E-state index contributed by atoms with van der Waals surface area (Å²) in [6, 6.07) is 13.1. The van der Waals surface area contributed by atoms with E-state index >= 15 is 0 Å². The Morgan fingerprint density at radius 1 is 1.24 bits per heavy atom. The number of carbonyl (C=O) groups excluding carboxylic acids is 1. The van der Waals surface area contributed by atoms with Crippen molar-refractivity contribution in [2.75, 3.05) is 26.8 Å². The van der Waals surface area contributed by atoms with Gasteiger partial charge in [-0.15, -0.1) is 0 Å². The van der Waals surface area contributed by atoms with E-state index in [-0.39, 0.29) is 18.2 Å². The average Bonchev–Trinajstić information content (AvgIpc) is 2.62. The molecule has 0 aliphatic rings. The molecule has 2 rings (SSSR count). The Morgan fingerprint density at radius 2 is 2.00 bits per heavy atom. The van der Waals surface area contributed by atoms with Gasteiger partial charge in [0.2, 0.25) is 0 Å². The predicted molar refractivity (Wildman–Crippen MR) is 91.9 cm³/mol. The van der Waals surface area contributed by atoms with Crippen LogP contribution >= 0.6 is 0 Å². The summed E-state index contributed by atoms with van der Waals surface area (Å²) >= 11 is 0. The number of carbonyl (C=O) groups is 1. The Bertz CT molecular complexity index is 675. The van der Waals surface area contributed by atoms with Crippen LogP contribution < -0.4 is 10.1 Å². The second-order valence-corrected chi connectivity index (χ2v) is 5.52. The molecule has 1 atom stereocenters. The molecule has 0 aliphatic carbocycles. The van der Waals surface area contributed by atoms with Gasteiger partial charge in [0, 0.05) is 13.1 Å². The minimum atomic E-state index is -0.770. The number of hydrogen-bond acceptors (Lipinski definition) is 5. The number of hydrogen-bond donors (Lipinski definition) is 2. The fraction of sp³-hybridized carbons (Fsp3) is 0.316. The van der Waals surface area contributed by atoms with Crippen molar-refractivity contribution in [3.8, 4) is 5.75 Å². The standard InChI is InChI=1S/C19H22FNO4/c1-24-19(23)11-14-5-7-17(8-6-14)25-10-9-21-13-18(22)15-3-2-4-16(20)12-15/h2-8,12,18,21-22H,9-11,13H2,1H3. The first-order valence-electron chi connectivity index (χ1n) is 8.01. The van der Waals surface area contributed by atoms with Crippen LogP contribution in [0.5, 0.6) is 5.75 Å². The maximum Gasteiger partial charge on any atom is 0.309 e. The van der Waals surface area contributed by atoms with Crippen LogP contribution in [0.3, 0.4) is 0 Å². The number of nitrogens with one attached hydrogen (secondary N) is 1. The lowest BCUT2D eigenvalue weighted by atomic mass is 10.1. The van der Waals surface area contributed by atoms with Gasteiger partial charge in [-0.1, -0.05) is 24.3 Å². The largest absolute Gasteiger partial charge is 0.492 e. The highest BCUT2D eigenvalue weighted by Gasteiger charge is 2.07. The molecule has 25 heavy (non-hydrogen) atoms. The topological polar surface area (TPSA) is 67.8 Å². The number of halogens is 1. The maximum absolute atomic E-state index is 13.1. The van der Waals surface area contributed by atoms with Gasteiger partial charge in [0.05, 0.1) is 19.6 Å². The first-order valence-corrected chi connectivity index (χ1v) is 8.01. The minimum absolute atomic E-state index is 0.232. The van der Waals surface area contributed by atoms with Crippen LogP contribution in [0.2, 0.25) is 0 Å². The lowest BCUT2D eigenvalue weighted by Crippen LogP contribution is -2.26. The van der Waals surface area contributed by atoms with Crippen molar-refractivity contribution < 1.29 is 23.8 Å². The molecule has 0 bridgehead atoms. The van der Waals surface area contributed by atoms with E-state index in [1.165, 1.54) is 19.2 Å². The molecule has 0 amide bonds. The summed E-state index contributed by atoms with van der Waals surface area (Å²) in [7, 11) is 1.36. The van der Waals surface area contributed by atoms with Gasteiger partial charge in [-0.05, 0) is 35.4 Å². The Morgan fingerprint density at radius 3 is 2.68 bits per heavy atom. The number of aliphatic hydroxyl groups excluding tert-OH is 1. The summed E-state index contributed by atoms with van der Waals surface area (Å²) in [4.78, 5) is 11.2. The van der Waals surface area contributed by atoms with Crippen LogP contribution in [0.25, 0.3) is 0 Å². The third-order valence-corrected chi connectivity index (χ3v) is 3.62. The molecule has 0 aliphatic heterocycles. The first kappa shape index (κ1) is 18.9. The molecule has 0 aromatic heterocycles. The summed E-state index contributed by atoms with van der Waals surface area (Å²) < 4.78 is 23.3. The monoisotopic (exact) mass is 347 g/mol. The first-order chi connectivity index (χ1) is 12.1. The zero-order chi connectivity index (χ0) is 18.1. The minimum Gasteiger partial charge on any atom is -0.492 e. The molecule has 0 saturated heterocycles. The summed E-state index contributed by atoms with van der Waals surface area (Å²) in [6.45, 7) is 1.27. The molecule has 0 fully saturated rings. The number of methoxy groups -OCH3 is 1. The van der Waals surface area contributed by atoms with E-state index in [0.717, 1.165) is 5.56 Å². The molecule has 0 spiro atoms. The van der Waals surface area contributed by atoms with Gasteiger partial charge in [-0.2, -0.15) is 0 Å². The Kier molecular flexibility index (Phi) is 7.37. The summed E-state index contributed by atoms with van der Waals surface area (Å²) in [5.74, 6) is 0.0475. The van der Waals surface area contributed by atoms with E-state index < -0.39 is 6.10 Å². The highest BCUT2D eigenvalue weighted by molar-refractivity contribution is 5.72. The molecule has 0 heterocycles. The van der Waals surface area contributed by atoms with E-state index in [4.69, 9.17) is 4.74 Å². The lowest BCUT2D eigenvalue weighted by Gasteiger charge is -2.13. The van der Waals surface area contributed by atoms with Gasteiger partial charge in [0.1, 0.15) is 18.2 Å². The van der Waals surface area contributed by atoms with Gasteiger partial charge < -0.3 is 19.9 Å². The third kappa shape index (κ3) is 6.52. The SMILES string of the molecule is COC(=O)Cc1ccc(OCCNCC(O)c2cccc(F)c2)cc1. The number of esters is 1. The molecular weight excluding hydrogens is 325 g/mol. The lowest BCUT2D eigenvalue weighted by molar-refractivity contribution is -0.139. The third-order valence-electron chi connectivity index (χ3n) is 3.62. The van der Waals surface area contributed by atoms with Crippen molar-refractivity contribution in [1.29, 1.82) is 0 Å². The van der Waals surface area contributed by atoms with Gasteiger partial charge in [-0.3, -0.25) is 4.79 Å². The highest BCUT2D eigenvalue weighted by Crippen LogP contribution is 2.14. The summed E-state index contributed by atoms with van der Waals surface area (Å²) in [5.41, 5.74) is 1.39. The van der Waals surface area contributed by atoms with Crippen molar-refractivity contribution in [1.82, 2.24) is 5.32 Å². The van der Waals surface area contributed by atoms with Crippen LogP contribution in [0.4, 0.5) is 4.39 Å². The van der Waals surface area contributed by atoms with E-state index in [0.29, 0.717) is 31.0 Å². The molecule has 2 aromatic rings. The maximum atomic E-state index is 13.1. The smallest absolute Gasteiger partial charge is 0.309 e. The molecule has 1 unspecified atom stereocenters. The Hall–Kier alpha value is -2.44. The molecule has 134 valence electrons. The van der Waals surface area contributed by atoms with Crippen LogP contribution in [0.1, 0.15) is 17.2 Å². The second-order valence-electron chi connectivity index (χ2n) is 5.52. The molecule has 5 nitrogen and oxygen atoms in total. The van der Waals surface area contributed by atoms with Crippen molar-refractivity contribution in [2.45, 2.75) is 12.5 Å². The normalized spacial score (nSPS) is 11.8. The summed E-state index contributed by atoms with van der Waals surface area (Å²) in [5, 5.41) is 13.0. The van der Waals surface area contributed by atoms with Crippen molar-refractivity contribution in [3.05, 3.63) is 65.5 Å². The van der Waals surface area contributed by atoms with Crippen LogP contribution in [0, 0.1) is 5.82 Å². The average molecular weight is 347 g/mol. The Labute approximate surface area is 146 Å². The van der Waals surface area contributed by atoms with E-state index in [1.54, 1.807) is 24.3 Å². The molecule has 2 aromatic carbocycles. The van der Waals surface area contributed by atoms with Crippen LogP contribution in [-0.4, -0.2) is 37.9 Å². The zero-order valence-electron chi connectivity index (χ0n) is 14.1. The highest BCUT2D eigenvalue weighted by atomic mass is 19.1. The van der Waals surface area contributed by atoms with Gasteiger partial charge in [0.15, 0.2) is 0 Å². The number of rotatable bonds is 9. The van der Waals surface area contributed by atoms with E-state index in [9.17, 15) is 14.3 Å². The van der Waals surface area contributed by atoms with Gasteiger partial charge in [-0.25, -0.2) is 4.39 Å².